The van der Waals surface area contributed by atoms with Crippen LogP contribution in [0.25, 0.3) is 0 Å². The van der Waals surface area contributed by atoms with Gasteiger partial charge in [0.1, 0.15) is 24.7 Å². The van der Waals surface area contributed by atoms with Crippen LogP contribution in [0.4, 0.5) is 11.4 Å². The van der Waals surface area contributed by atoms with Crippen LogP contribution in [0.5, 0.6) is 11.5 Å². The zero-order valence-corrected chi connectivity index (χ0v) is 17.0. The average molecular weight is 431 g/mol. The van der Waals surface area contributed by atoms with E-state index in [2.05, 4.69) is 10.6 Å². The second kappa shape index (κ2) is 10.6. The molecule has 0 aliphatic carbocycles. The topological polar surface area (TPSA) is 59.6 Å². The van der Waals surface area contributed by atoms with Crippen molar-refractivity contribution in [3.8, 4) is 11.5 Å². The minimum Gasteiger partial charge on any atom is -0.490 e. The largest absolute Gasteiger partial charge is 0.490 e. The Labute approximate surface area is 179 Å². The van der Waals surface area contributed by atoms with Crippen LogP contribution in [-0.4, -0.2) is 25.7 Å². The summed E-state index contributed by atoms with van der Waals surface area (Å²) in [6.45, 7) is 0.817. The second-order valence-corrected chi connectivity index (χ2v) is 6.85. The highest BCUT2D eigenvalue weighted by atomic mass is 35.5. The zero-order chi connectivity index (χ0) is 20.5. The van der Waals surface area contributed by atoms with E-state index in [1.165, 1.54) is 0 Å². The zero-order valence-electron chi connectivity index (χ0n) is 15.5. The number of hydrogen-bond acceptors (Lipinski definition) is 4. The molecular formula is C22H20Cl2N2O3. The molecule has 3 aromatic carbocycles. The molecule has 0 saturated heterocycles. The lowest BCUT2D eigenvalue weighted by molar-refractivity contribution is -0.114. The first-order chi connectivity index (χ1) is 14.1. The highest BCUT2D eigenvalue weighted by molar-refractivity contribution is 6.42. The first kappa shape index (κ1) is 20.8. The van der Waals surface area contributed by atoms with Crippen LogP contribution < -0.4 is 20.1 Å². The Balaban J connectivity index is 1.48. The third kappa shape index (κ3) is 6.59. The molecule has 0 fully saturated rings. The number of carbonyl (C=O) groups is 1. The predicted octanol–water partition coefficient (Wildman–Crippen LogP) is 5.50. The van der Waals surface area contributed by atoms with E-state index < -0.39 is 0 Å². The van der Waals surface area contributed by atoms with E-state index in [-0.39, 0.29) is 12.5 Å². The molecule has 3 aromatic rings. The molecule has 5 nitrogen and oxygen atoms in total. The molecule has 2 N–H and O–H groups in total. The Morgan fingerprint density at radius 2 is 1.55 bits per heavy atom. The summed E-state index contributed by atoms with van der Waals surface area (Å²) < 4.78 is 11.4. The van der Waals surface area contributed by atoms with Gasteiger partial charge in [-0.2, -0.15) is 0 Å². The van der Waals surface area contributed by atoms with Crippen molar-refractivity contribution >= 4 is 40.5 Å². The molecule has 0 atom stereocenters. The van der Waals surface area contributed by atoms with Crippen molar-refractivity contribution in [2.75, 3.05) is 30.4 Å². The standard InChI is InChI=1S/C22H20Cl2N2O3/c23-18-11-10-16(14-19(18)24)25-15-22(27)26-20-8-4-5-9-21(20)29-13-12-28-17-6-2-1-3-7-17/h1-11,14,25H,12-13,15H2,(H,26,27). The molecule has 0 radical (unpaired) electrons. The number of para-hydroxylation sites is 3. The highest BCUT2D eigenvalue weighted by Crippen LogP contribution is 2.25. The fourth-order valence-corrected chi connectivity index (χ4v) is 2.80. The van der Waals surface area contributed by atoms with Gasteiger partial charge in [-0.3, -0.25) is 4.79 Å². The molecule has 0 saturated carbocycles. The lowest BCUT2D eigenvalue weighted by Gasteiger charge is -2.13. The van der Waals surface area contributed by atoms with Crippen LogP contribution in [0.1, 0.15) is 0 Å². The van der Waals surface area contributed by atoms with E-state index >= 15 is 0 Å². The van der Waals surface area contributed by atoms with Crippen LogP contribution in [-0.2, 0) is 4.79 Å². The summed E-state index contributed by atoms with van der Waals surface area (Å²) in [6.07, 6.45) is 0. The quantitative estimate of drug-likeness (QED) is 0.439. The summed E-state index contributed by atoms with van der Waals surface area (Å²) in [6, 6.07) is 21.9. The van der Waals surface area contributed by atoms with Crippen molar-refractivity contribution in [2.24, 2.45) is 0 Å². The Kier molecular flexibility index (Phi) is 7.61. The predicted molar refractivity (Wildman–Crippen MR) is 117 cm³/mol. The molecule has 0 spiro atoms. The summed E-state index contributed by atoms with van der Waals surface area (Å²) in [5.74, 6) is 1.14. The van der Waals surface area contributed by atoms with Gasteiger partial charge in [0.15, 0.2) is 0 Å². The molecular weight excluding hydrogens is 411 g/mol. The third-order valence-electron chi connectivity index (χ3n) is 3.89. The maximum Gasteiger partial charge on any atom is 0.243 e. The number of carbonyl (C=O) groups excluding carboxylic acids is 1. The van der Waals surface area contributed by atoms with E-state index in [4.69, 9.17) is 32.7 Å². The van der Waals surface area contributed by atoms with Gasteiger partial charge in [0.2, 0.25) is 5.91 Å². The minimum atomic E-state index is -0.215. The molecule has 3 rings (SSSR count). The molecule has 7 heteroatoms. The first-order valence-electron chi connectivity index (χ1n) is 9.00. The lowest BCUT2D eigenvalue weighted by Crippen LogP contribution is -2.22. The summed E-state index contributed by atoms with van der Waals surface area (Å²) >= 11 is 11.9. The number of ether oxygens (including phenoxy) is 2. The molecule has 0 aromatic heterocycles. The maximum atomic E-state index is 12.3. The normalized spacial score (nSPS) is 10.3. The Morgan fingerprint density at radius 1 is 0.828 bits per heavy atom. The van der Waals surface area contributed by atoms with Crippen molar-refractivity contribution in [3.63, 3.8) is 0 Å². The summed E-state index contributed by atoms with van der Waals surface area (Å²) in [5.41, 5.74) is 1.30. The van der Waals surface area contributed by atoms with Crippen molar-refractivity contribution < 1.29 is 14.3 Å². The number of amides is 1. The number of anilines is 2. The number of nitrogens with one attached hydrogen (secondary N) is 2. The van der Waals surface area contributed by atoms with E-state index in [1.54, 1.807) is 30.3 Å². The molecule has 0 aliphatic rings. The Morgan fingerprint density at radius 3 is 2.34 bits per heavy atom. The summed E-state index contributed by atoms with van der Waals surface area (Å²) in [7, 11) is 0. The van der Waals surface area contributed by atoms with E-state index in [9.17, 15) is 4.79 Å². The Bertz CT molecular complexity index is 952. The molecule has 150 valence electrons. The molecule has 1 amide bonds. The van der Waals surface area contributed by atoms with Gasteiger partial charge in [-0.1, -0.05) is 53.5 Å². The smallest absolute Gasteiger partial charge is 0.243 e. The van der Waals surface area contributed by atoms with Crippen LogP contribution in [0.3, 0.4) is 0 Å². The van der Waals surface area contributed by atoms with Crippen LogP contribution in [0.2, 0.25) is 10.0 Å². The summed E-state index contributed by atoms with van der Waals surface area (Å²) in [4.78, 5) is 12.3. The Hall–Kier alpha value is -2.89. The number of hydrogen-bond donors (Lipinski definition) is 2. The van der Waals surface area contributed by atoms with Gasteiger partial charge >= 0.3 is 0 Å². The fraction of sp³-hybridized carbons (Fsp3) is 0.136. The monoisotopic (exact) mass is 430 g/mol. The van der Waals surface area contributed by atoms with Gasteiger partial charge in [-0.25, -0.2) is 0 Å². The summed E-state index contributed by atoms with van der Waals surface area (Å²) in [5, 5.41) is 6.73. The SMILES string of the molecule is O=C(CNc1ccc(Cl)c(Cl)c1)Nc1ccccc1OCCOc1ccccc1. The lowest BCUT2D eigenvalue weighted by atomic mass is 10.3. The van der Waals surface area contributed by atoms with Crippen LogP contribution in [0.15, 0.2) is 72.8 Å². The second-order valence-electron chi connectivity index (χ2n) is 6.04. The number of rotatable bonds is 9. The van der Waals surface area contributed by atoms with E-state index in [0.29, 0.717) is 40.4 Å². The van der Waals surface area contributed by atoms with Gasteiger partial charge in [-0.05, 0) is 42.5 Å². The molecule has 0 unspecified atom stereocenters. The van der Waals surface area contributed by atoms with Crippen LogP contribution in [0, 0.1) is 0 Å². The van der Waals surface area contributed by atoms with Crippen LogP contribution >= 0.6 is 23.2 Å². The molecule has 0 heterocycles. The van der Waals surface area contributed by atoms with Gasteiger partial charge in [0.25, 0.3) is 0 Å². The minimum absolute atomic E-state index is 0.0728. The van der Waals surface area contributed by atoms with Gasteiger partial charge in [-0.15, -0.1) is 0 Å². The van der Waals surface area contributed by atoms with Crippen molar-refractivity contribution in [2.45, 2.75) is 0 Å². The van der Waals surface area contributed by atoms with Gasteiger partial charge < -0.3 is 20.1 Å². The van der Waals surface area contributed by atoms with Crippen molar-refractivity contribution in [1.82, 2.24) is 0 Å². The number of halogens is 2. The van der Waals surface area contributed by atoms with Gasteiger partial charge in [0.05, 0.1) is 22.3 Å². The van der Waals surface area contributed by atoms with E-state index in [0.717, 1.165) is 5.75 Å². The van der Waals surface area contributed by atoms with Gasteiger partial charge in [0, 0.05) is 5.69 Å². The average Bonchev–Trinajstić information content (AvgIpc) is 2.74. The first-order valence-corrected chi connectivity index (χ1v) is 9.76. The molecule has 29 heavy (non-hydrogen) atoms. The fourth-order valence-electron chi connectivity index (χ4n) is 2.51. The van der Waals surface area contributed by atoms with Crippen molar-refractivity contribution in [3.05, 3.63) is 82.8 Å². The van der Waals surface area contributed by atoms with Crippen molar-refractivity contribution in [1.29, 1.82) is 0 Å². The maximum absolute atomic E-state index is 12.3. The molecule has 0 aliphatic heterocycles. The molecule has 0 bridgehead atoms. The third-order valence-corrected chi connectivity index (χ3v) is 4.63. The highest BCUT2D eigenvalue weighted by Gasteiger charge is 2.08. The number of benzene rings is 3. The van der Waals surface area contributed by atoms with E-state index in [1.807, 2.05) is 42.5 Å².